The predicted octanol–water partition coefficient (Wildman–Crippen LogP) is 3.77. The Morgan fingerprint density at radius 3 is 2.75 bits per heavy atom. The van der Waals surface area contributed by atoms with Gasteiger partial charge in [0.15, 0.2) is 17.6 Å². The van der Waals surface area contributed by atoms with Gasteiger partial charge in [-0.2, -0.15) is 0 Å². The van der Waals surface area contributed by atoms with Crippen LogP contribution in [0.25, 0.3) is 0 Å². The summed E-state index contributed by atoms with van der Waals surface area (Å²) >= 11 is 0. The highest BCUT2D eigenvalue weighted by Gasteiger charge is 2.31. The second kappa shape index (κ2) is 8.42. The van der Waals surface area contributed by atoms with Crippen LogP contribution < -0.4 is 19.5 Å². The van der Waals surface area contributed by atoms with Crippen molar-refractivity contribution in [1.29, 1.82) is 0 Å². The molecule has 1 N–H and O–H groups in total. The highest BCUT2D eigenvalue weighted by molar-refractivity contribution is 5.75. The lowest BCUT2D eigenvalue weighted by atomic mass is 10.0. The van der Waals surface area contributed by atoms with Crippen molar-refractivity contribution in [3.63, 3.8) is 0 Å². The fourth-order valence-electron chi connectivity index (χ4n) is 3.78. The summed E-state index contributed by atoms with van der Waals surface area (Å²) in [6.45, 7) is 4.22. The molecule has 148 valence electrons. The van der Waals surface area contributed by atoms with E-state index in [9.17, 15) is 4.79 Å². The van der Waals surface area contributed by atoms with Gasteiger partial charge in [-0.05, 0) is 49.6 Å². The number of nitrogens with zero attached hydrogens (tertiary/aromatic N) is 1. The Morgan fingerprint density at radius 2 is 1.96 bits per heavy atom. The summed E-state index contributed by atoms with van der Waals surface area (Å²) in [5.41, 5.74) is 1.14. The van der Waals surface area contributed by atoms with Crippen LogP contribution in [-0.4, -0.2) is 43.3 Å². The molecule has 4 rings (SSSR count). The number of carbonyl (C=O) groups is 1. The molecule has 1 saturated heterocycles. The molecule has 1 fully saturated rings. The summed E-state index contributed by atoms with van der Waals surface area (Å²) in [5.74, 6) is 2.33. The summed E-state index contributed by atoms with van der Waals surface area (Å²) in [6.07, 6.45) is 1.78. The number of hydrogen-bond acceptors (Lipinski definition) is 4. The van der Waals surface area contributed by atoms with Crippen molar-refractivity contribution in [3.8, 4) is 17.2 Å². The fraction of sp³-hybridized carbons (Fsp3) is 0.409. The average Bonchev–Trinajstić information content (AvgIpc) is 3.23. The van der Waals surface area contributed by atoms with Gasteiger partial charge < -0.3 is 24.4 Å². The van der Waals surface area contributed by atoms with Crippen molar-refractivity contribution in [1.82, 2.24) is 10.2 Å². The van der Waals surface area contributed by atoms with Crippen molar-refractivity contribution >= 4 is 6.03 Å². The molecule has 0 bridgehead atoms. The molecule has 0 radical (unpaired) electrons. The molecular formula is C22H26N2O4. The highest BCUT2D eigenvalue weighted by Crippen LogP contribution is 2.33. The molecule has 2 unspecified atom stereocenters. The van der Waals surface area contributed by atoms with E-state index in [2.05, 4.69) is 17.4 Å². The lowest BCUT2D eigenvalue weighted by Gasteiger charge is -2.29. The number of benzene rings is 2. The van der Waals surface area contributed by atoms with Crippen LogP contribution in [0.5, 0.6) is 17.2 Å². The molecule has 2 atom stereocenters. The number of fused-ring (bicyclic) bond motifs is 1. The van der Waals surface area contributed by atoms with Crippen molar-refractivity contribution < 1.29 is 19.0 Å². The Hall–Kier alpha value is -2.89. The van der Waals surface area contributed by atoms with E-state index < -0.39 is 0 Å². The minimum Gasteiger partial charge on any atom is -0.494 e. The Kier molecular flexibility index (Phi) is 5.55. The zero-order chi connectivity index (χ0) is 19.3. The van der Waals surface area contributed by atoms with Gasteiger partial charge in [0.25, 0.3) is 0 Å². The maximum absolute atomic E-state index is 12.8. The van der Waals surface area contributed by atoms with Gasteiger partial charge >= 0.3 is 6.03 Å². The quantitative estimate of drug-likeness (QED) is 0.855. The second-order valence-corrected chi connectivity index (χ2v) is 7.04. The van der Waals surface area contributed by atoms with E-state index in [-0.39, 0.29) is 18.2 Å². The lowest BCUT2D eigenvalue weighted by molar-refractivity contribution is 0.0898. The lowest BCUT2D eigenvalue weighted by Crippen LogP contribution is -2.46. The summed E-state index contributed by atoms with van der Waals surface area (Å²) in [5, 5.41) is 3.01. The molecule has 28 heavy (non-hydrogen) atoms. The first-order valence-electron chi connectivity index (χ1n) is 9.90. The average molecular weight is 382 g/mol. The first kappa shape index (κ1) is 18.5. The molecule has 6 heteroatoms. The smallest absolute Gasteiger partial charge is 0.318 e. The SMILES string of the molecule is CCOc1ccc(C2CCCN2C(=O)NCC2COc3ccccc3O2)cc1. The van der Waals surface area contributed by atoms with Gasteiger partial charge in [0, 0.05) is 6.54 Å². The van der Waals surface area contributed by atoms with Gasteiger partial charge in [0.1, 0.15) is 12.4 Å². The van der Waals surface area contributed by atoms with E-state index in [0.29, 0.717) is 19.8 Å². The van der Waals surface area contributed by atoms with Crippen molar-refractivity contribution in [2.75, 3.05) is 26.3 Å². The first-order chi connectivity index (χ1) is 13.7. The van der Waals surface area contributed by atoms with Crippen molar-refractivity contribution in [2.24, 2.45) is 0 Å². The molecule has 0 aliphatic carbocycles. The number of likely N-dealkylation sites (tertiary alicyclic amines) is 1. The van der Waals surface area contributed by atoms with Gasteiger partial charge in [-0.1, -0.05) is 24.3 Å². The van der Waals surface area contributed by atoms with Crippen LogP contribution in [0.1, 0.15) is 31.4 Å². The zero-order valence-electron chi connectivity index (χ0n) is 16.1. The van der Waals surface area contributed by atoms with E-state index in [1.54, 1.807) is 0 Å². The van der Waals surface area contributed by atoms with Gasteiger partial charge in [-0.15, -0.1) is 0 Å². The number of amides is 2. The molecule has 6 nitrogen and oxygen atoms in total. The number of urea groups is 1. The van der Waals surface area contributed by atoms with Gasteiger partial charge in [0.2, 0.25) is 0 Å². The maximum Gasteiger partial charge on any atom is 0.318 e. The molecule has 2 aromatic carbocycles. The molecule has 2 aromatic rings. The van der Waals surface area contributed by atoms with Gasteiger partial charge in [-0.3, -0.25) is 0 Å². The van der Waals surface area contributed by atoms with E-state index in [1.807, 2.05) is 48.2 Å². The third kappa shape index (κ3) is 4.01. The van der Waals surface area contributed by atoms with Crippen LogP contribution in [0, 0.1) is 0 Å². The standard InChI is InChI=1S/C22H26N2O4/c1-2-26-17-11-9-16(10-12-17)19-6-5-13-24(19)22(25)23-14-18-15-27-20-7-3-4-8-21(20)28-18/h3-4,7-12,18-19H,2,5-6,13-15H2,1H3,(H,23,25). The Morgan fingerprint density at radius 1 is 1.18 bits per heavy atom. The normalized spacial score (nSPS) is 20.7. The summed E-state index contributed by atoms with van der Waals surface area (Å²) in [4.78, 5) is 14.7. The maximum atomic E-state index is 12.8. The third-order valence-corrected chi connectivity index (χ3v) is 5.14. The molecule has 2 heterocycles. The summed E-state index contributed by atoms with van der Waals surface area (Å²) < 4.78 is 17.1. The van der Waals surface area contributed by atoms with Gasteiger partial charge in [-0.25, -0.2) is 4.79 Å². The van der Waals surface area contributed by atoms with Crippen molar-refractivity contribution in [2.45, 2.75) is 31.9 Å². The number of para-hydroxylation sites is 2. The predicted molar refractivity (Wildman–Crippen MR) is 106 cm³/mol. The van der Waals surface area contributed by atoms with Crippen molar-refractivity contribution in [3.05, 3.63) is 54.1 Å². The van der Waals surface area contributed by atoms with E-state index >= 15 is 0 Å². The topological polar surface area (TPSA) is 60.0 Å². The monoisotopic (exact) mass is 382 g/mol. The number of nitrogens with one attached hydrogen (secondary N) is 1. The van der Waals surface area contributed by atoms with E-state index in [4.69, 9.17) is 14.2 Å². The van der Waals surface area contributed by atoms with Crippen LogP contribution in [-0.2, 0) is 0 Å². The number of hydrogen-bond donors (Lipinski definition) is 1. The van der Waals surface area contributed by atoms with Crippen LogP contribution in [0.3, 0.4) is 0 Å². The molecular weight excluding hydrogens is 356 g/mol. The first-order valence-corrected chi connectivity index (χ1v) is 9.90. The van der Waals surface area contributed by atoms with Crippen LogP contribution in [0.2, 0.25) is 0 Å². The summed E-state index contributed by atoms with van der Waals surface area (Å²) in [6, 6.07) is 15.7. The van der Waals surface area contributed by atoms with Gasteiger partial charge in [0.05, 0.1) is 19.2 Å². The molecule has 0 spiro atoms. The number of carbonyl (C=O) groups excluding carboxylic acids is 1. The van der Waals surface area contributed by atoms with E-state index in [0.717, 1.165) is 42.2 Å². The number of rotatable bonds is 5. The van der Waals surface area contributed by atoms with E-state index in [1.165, 1.54) is 0 Å². The Bertz CT molecular complexity index is 808. The number of ether oxygens (including phenoxy) is 3. The Labute approximate surface area is 165 Å². The molecule has 2 aliphatic heterocycles. The minimum absolute atomic E-state index is 0.0566. The molecule has 0 saturated carbocycles. The molecule has 0 aromatic heterocycles. The molecule has 2 aliphatic rings. The Balaban J connectivity index is 1.34. The zero-order valence-corrected chi connectivity index (χ0v) is 16.1. The molecule has 2 amide bonds. The largest absolute Gasteiger partial charge is 0.494 e. The fourth-order valence-corrected chi connectivity index (χ4v) is 3.78. The minimum atomic E-state index is -0.189. The van der Waals surface area contributed by atoms with Crippen LogP contribution in [0.15, 0.2) is 48.5 Å². The van der Waals surface area contributed by atoms with Crippen LogP contribution >= 0.6 is 0 Å². The second-order valence-electron chi connectivity index (χ2n) is 7.04. The third-order valence-electron chi connectivity index (χ3n) is 5.14. The highest BCUT2D eigenvalue weighted by atomic mass is 16.6. The summed E-state index contributed by atoms with van der Waals surface area (Å²) in [7, 11) is 0. The van der Waals surface area contributed by atoms with Crippen LogP contribution in [0.4, 0.5) is 4.79 Å².